The highest BCUT2D eigenvalue weighted by molar-refractivity contribution is 14.1. The zero-order valence-corrected chi connectivity index (χ0v) is 12.8. The van der Waals surface area contributed by atoms with Gasteiger partial charge in [-0.05, 0) is 53.6 Å². The van der Waals surface area contributed by atoms with E-state index in [1.54, 1.807) is 12.1 Å². The van der Waals surface area contributed by atoms with Crippen LogP contribution in [0.2, 0.25) is 0 Å². The first kappa shape index (κ1) is 15.4. The Balaban J connectivity index is 2.90. The fraction of sp³-hybridized carbons (Fsp3) is 0.462. The van der Waals surface area contributed by atoms with Crippen molar-refractivity contribution in [3.63, 3.8) is 0 Å². The normalized spacial score (nSPS) is 11.4. The van der Waals surface area contributed by atoms with E-state index < -0.39 is 5.54 Å². The maximum absolute atomic E-state index is 13.4. The van der Waals surface area contributed by atoms with E-state index in [0.29, 0.717) is 15.7 Å². The monoisotopic (exact) mass is 364 g/mol. The Morgan fingerprint density at radius 3 is 2.50 bits per heavy atom. The molecule has 18 heavy (non-hydrogen) atoms. The van der Waals surface area contributed by atoms with Crippen LogP contribution < -0.4 is 11.1 Å². The summed E-state index contributed by atoms with van der Waals surface area (Å²) >= 11 is 1.89. The van der Waals surface area contributed by atoms with Gasteiger partial charge in [0, 0.05) is 15.7 Å². The molecule has 0 unspecified atom stereocenters. The number of nitrogens with one attached hydrogen (secondary N) is 1. The minimum Gasteiger partial charge on any atom is -0.345 e. The molecule has 0 saturated carbocycles. The second-order valence-corrected chi connectivity index (χ2v) is 5.44. The molecule has 0 heterocycles. The van der Waals surface area contributed by atoms with E-state index >= 15 is 0 Å². The summed E-state index contributed by atoms with van der Waals surface area (Å²) in [6, 6.07) is 4.46. The molecular weight excluding hydrogens is 346 g/mol. The molecule has 0 atom stereocenters. The van der Waals surface area contributed by atoms with Crippen molar-refractivity contribution >= 4 is 28.5 Å². The van der Waals surface area contributed by atoms with E-state index in [4.69, 9.17) is 5.73 Å². The predicted octanol–water partition coefficient (Wildman–Crippen LogP) is 2.68. The van der Waals surface area contributed by atoms with Gasteiger partial charge in [-0.2, -0.15) is 0 Å². The average molecular weight is 364 g/mol. The molecule has 0 fully saturated rings. The lowest BCUT2D eigenvalue weighted by molar-refractivity contribution is 0.0895. The Kier molecular flexibility index (Phi) is 5.52. The second kappa shape index (κ2) is 6.47. The van der Waals surface area contributed by atoms with Gasteiger partial charge in [0.25, 0.3) is 5.91 Å². The van der Waals surface area contributed by atoms with Gasteiger partial charge < -0.3 is 11.1 Å². The standard InChI is InChI=1S/C13H18FIN2O/c1-3-13(4-2,8-16)17-12(18)9-5-6-11(15)10(14)7-9/h5-7H,3-4,8,16H2,1-2H3,(H,17,18). The fourth-order valence-electron chi connectivity index (χ4n) is 1.72. The van der Waals surface area contributed by atoms with Crippen molar-refractivity contribution in [1.29, 1.82) is 0 Å². The number of benzene rings is 1. The molecule has 0 radical (unpaired) electrons. The van der Waals surface area contributed by atoms with Crippen LogP contribution in [0.15, 0.2) is 18.2 Å². The van der Waals surface area contributed by atoms with Crippen molar-refractivity contribution in [1.82, 2.24) is 5.32 Å². The smallest absolute Gasteiger partial charge is 0.251 e. The maximum atomic E-state index is 13.4. The van der Waals surface area contributed by atoms with Crippen LogP contribution in [-0.4, -0.2) is 18.0 Å². The third-order valence-corrected chi connectivity index (χ3v) is 4.18. The number of nitrogens with two attached hydrogens (primary N) is 1. The molecule has 1 aromatic carbocycles. The first-order valence-electron chi connectivity index (χ1n) is 5.95. The molecule has 0 saturated heterocycles. The minimum absolute atomic E-state index is 0.278. The summed E-state index contributed by atoms with van der Waals surface area (Å²) in [5.41, 5.74) is 5.64. The zero-order chi connectivity index (χ0) is 13.8. The van der Waals surface area contributed by atoms with E-state index in [9.17, 15) is 9.18 Å². The molecule has 0 aliphatic heterocycles. The van der Waals surface area contributed by atoms with E-state index in [-0.39, 0.29) is 11.7 Å². The lowest BCUT2D eigenvalue weighted by Crippen LogP contribution is -2.52. The number of hydrogen-bond donors (Lipinski definition) is 2. The molecular formula is C13H18FIN2O. The van der Waals surface area contributed by atoms with Crippen molar-refractivity contribution in [2.75, 3.05) is 6.54 Å². The van der Waals surface area contributed by atoms with Crippen molar-refractivity contribution in [3.8, 4) is 0 Å². The average Bonchev–Trinajstić information content (AvgIpc) is 2.39. The van der Waals surface area contributed by atoms with Gasteiger partial charge in [0.1, 0.15) is 5.82 Å². The lowest BCUT2D eigenvalue weighted by atomic mass is 9.92. The molecule has 1 amide bonds. The fourth-order valence-corrected chi connectivity index (χ4v) is 2.05. The van der Waals surface area contributed by atoms with Gasteiger partial charge in [0.2, 0.25) is 0 Å². The molecule has 0 bridgehead atoms. The first-order valence-corrected chi connectivity index (χ1v) is 7.03. The van der Waals surface area contributed by atoms with Crippen LogP contribution in [0.5, 0.6) is 0 Å². The molecule has 5 heteroatoms. The third kappa shape index (κ3) is 3.41. The zero-order valence-electron chi connectivity index (χ0n) is 10.6. The molecule has 0 aliphatic carbocycles. The Labute approximate surface area is 120 Å². The van der Waals surface area contributed by atoms with Crippen LogP contribution in [0.1, 0.15) is 37.0 Å². The summed E-state index contributed by atoms with van der Waals surface area (Å²) in [7, 11) is 0. The Morgan fingerprint density at radius 1 is 1.44 bits per heavy atom. The first-order chi connectivity index (χ1) is 8.48. The molecule has 1 aromatic rings. The van der Waals surface area contributed by atoms with Gasteiger partial charge in [-0.15, -0.1) is 0 Å². The Hall–Kier alpha value is -0.690. The maximum Gasteiger partial charge on any atom is 0.251 e. The van der Waals surface area contributed by atoms with Crippen LogP contribution in [0.25, 0.3) is 0 Å². The number of carbonyl (C=O) groups excluding carboxylic acids is 1. The van der Waals surface area contributed by atoms with Crippen LogP contribution >= 0.6 is 22.6 Å². The van der Waals surface area contributed by atoms with E-state index in [0.717, 1.165) is 12.8 Å². The molecule has 0 aliphatic rings. The predicted molar refractivity (Wildman–Crippen MR) is 79.0 cm³/mol. The van der Waals surface area contributed by atoms with E-state index in [1.807, 2.05) is 36.4 Å². The van der Waals surface area contributed by atoms with Crippen LogP contribution in [0.4, 0.5) is 4.39 Å². The SMILES string of the molecule is CCC(CC)(CN)NC(=O)c1ccc(I)c(F)c1. The van der Waals surface area contributed by atoms with Crippen molar-refractivity contribution < 1.29 is 9.18 Å². The summed E-state index contributed by atoms with van der Waals surface area (Å²) in [5.74, 6) is -0.658. The number of halogens is 2. The summed E-state index contributed by atoms with van der Waals surface area (Å²) in [4.78, 5) is 12.1. The van der Waals surface area contributed by atoms with E-state index in [1.165, 1.54) is 6.07 Å². The van der Waals surface area contributed by atoms with Gasteiger partial charge in [-0.1, -0.05) is 13.8 Å². The number of hydrogen-bond acceptors (Lipinski definition) is 2. The quantitative estimate of drug-likeness (QED) is 0.790. The highest BCUT2D eigenvalue weighted by atomic mass is 127. The highest BCUT2D eigenvalue weighted by Gasteiger charge is 2.26. The van der Waals surface area contributed by atoms with Crippen LogP contribution in [0, 0.1) is 9.39 Å². The van der Waals surface area contributed by atoms with Gasteiger partial charge in [0.15, 0.2) is 0 Å². The van der Waals surface area contributed by atoms with Crippen molar-refractivity contribution in [3.05, 3.63) is 33.1 Å². The second-order valence-electron chi connectivity index (χ2n) is 4.27. The third-order valence-electron chi connectivity index (χ3n) is 3.30. The lowest BCUT2D eigenvalue weighted by Gasteiger charge is -2.31. The largest absolute Gasteiger partial charge is 0.345 e. The number of amides is 1. The summed E-state index contributed by atoms with van der Waals surface area (Å²) in [6.07, 6.45) is 1.50. The van der Waals surface area contributed by atoms with E-state index in [2.05, 4.69) is 5.32 Å². The summed E-state index contributed by atoms with van der Waals surface area (Å²) in [5, 5.41) is 2.91. The topological polar surface area (TPSA) is 55.1 Å². The summed E-state index contributed by atoms with van der Waals surface area (Å²) < 4.78 is 13.9. The molecule has 0 aromatic heterocycles. The van der Waals surface area contributed by atoms with Crippen LogP contribution in [0.3, 0.4) is 0 Å². The molecule has 100 valence electrons. The van der Waals surface area contributed by atoms with Crippen LogP contribution in [-0.2, 0) is 0 Å². The van der Waals surface area contributed by atoms with Crippen molar-refractivity contribution in [2.45, 2.75) is 32.2 Å². The molecule has 3 nitrogen and oxygen atoms in total. The number of carbonyl (C=O) groups is 1. The molecule has 1 rings (SSSR count). The Bertz CT molecular complexity index is 425. The molecule has 0 spiro atoms. The Morgan fingerprint density at radius 2 is 2.06 bits per heavy atom. The van der Waals surface area contributed by atoms with Gasteiger partial charge >= 0.3 is 0 Å². The minimum atomic E-state index is -0.406. The van der Waals surface area contributed by atoms with Crippen molar-refractivity contribution in [2.24, 2.45) is 5.73 Å². The van der Waals surface area contributed by atoms with Gasteiger partial charge in [0.05, 0.1) is 5.54 Å². The molecule has 3 N–H and O–H groups in total. The van der Waals surface area contributed by atoms with Gasteiger partial charge in [-0.3, -0.25) is 4.79 Å². The number of rotatable bonds is 5. The highest BCUT2D eigenvalue weighted by Crippen LogP contribution is 2.16. The van der Waals surface area contributed by atoms with Gasteiger partial charge in [-0.25, -0.2) is 4.39 Å². The summed E-state index contributed by atoms with van der Waals surface area (Å²) in [6.45, 7) is 4.33.